The van der Waals surface area contributed by atoms with Crippen LogP contribution in [-0.2, 0) is 9.22 Å². The number of carboxylic acid groups (broad SMARTS) is 1. The summed E-state index contributed by atoms with van der Waals surface area (Å²) in [5.74, 6) is -0.475. The molecule has 7 heteroatoms. The molecule has 6 nitrogen and oxygen atoms in total. The normalized spacial score (nSPS) is 22.5. The first kappa shape index (κ1) is 19.1. The van der Waals surface area contributed by atoms with Gasteiger partial charge in [-0.1, -0.05) is 20.8 Å². The van der Waals surface area contributed by atoms with Crippen LogP contribution in [0, 0.1) is 5.92 Å². The monoisotopic (exact) mass is 331 g/mol. The van der Waals surface area contributed by atoms with Gasteiger partial charge in [0.15, 0.2) is 8.32 Å². The molecule has 1 rings (SSSR count). The van der Waals surface area contributed by atoms with E-state index in [1.54, 1.807) is 0 Å². The Morgan fingerprint density at radius 1 is 1.45 bits per heavy atom. The van der Waals surface area contributed by atoms with Gasteiger partial charge in [0, 0.05) is 12.3 Å². The summed E-state index contributed by atoms with van der Waals surface area (Å²) in [5, 5.41) is 21.7. The van der Waals surface area contributed by atoms with Crippen LogP contribution in [0.25, 0.3) is 0 Å². The van der Waals surface area contributed by atoms with Crippen LogP contribution in [0.15, 0.2) is 0 Å². The molecule has 1 aliphatic carbocycles. The number of hydrogen-bond acceptors (Lipinski definition) is 4. The lowest BCUT2D eigenvalue weighted by molar-refractivity contribution is -0.124. The summed E-state index contributed by atoms with van der Waals surface area (Å²) >= 11 is 0. The second-order valence-corrected chi connectivity index (χ2v) is 12.4. The quantitative estimate of drug-likeness (QED) is 0.649. The zero-order chi connectivity index (χ0) is 17.1. The molecule has 3 N–H and O–H groups in total. The smallest absolute Gasteiger partial charge is 0.405 e. The summed E-state index contributed by atoms with van der Waals surface area (Å²) in [6, 6.07) is -0.779. The molecule has 22 heavy (non-hydrogen) atoms. The maximum atomic E-state index is 11.8. The van der Waals surface area contributed by atoms with Gasteiger partial charge in [-0.05, 0) is 31.0 Å². The first-order valence-corrected chi connectivity index (χ1v) is 10.7. The van der Waals surface area contributed by atoms with Crippen molar-refractivity contribution in [3.63, 3.8) is 0 Å². The van der Waals surface area contributed by atoms with Crippen LogP contribution in [0.3, 0.4) is 0 Å². The van der Waals surface area contributed by atoms with E-state index in [2.05, 4.69) is 39.2 Å². The molecule has 0 bridgehead atoms. The first-order valence-electron chi connectivity index (χ1n) is 7.80. The van der Waals surface area contributed by atoms with Crippen LogP contribution in [0.5, 0.6) is 0 Å². The van der Waals surface area contributed by atoms with Gasteiger partial charge >= 0.3 is 6.09 Å². The van der Waals surface area contributed by atoms with E-state index in [0.717, 1.165) is 6.42 Å². The van der Waals surface area contributed by atoms with E-state index >= 15 is 0 Å². The lowest BCUT2D eigenvalue weighted by atomic mass is 9.94. The Kier molecular flexibility index (Phi) is 6.17. The van der Waals surface area contributed by atoms with E-state index in [-0.39, 0.29) is 17.4 Å². The molecular weight excluding hydrogens is 302 g/mol. The molecule has 0 spiro atoms. The van der Waals surface area contributed by atoms with E-state index in [4.69, 9.17) is 9.53 Å². The zero-order valence-electron chi connectivity index (χ0n) is 14.2. The Hall–Kier alpha value is -0.923. The number of aliphatic hydroxyl groups is 1. The molecule has 0 heterocycles. The van der Waals surface area contributed by atoms with Crippen LogP contribution in [0.2, 0.25) is 18.1 Å². The molecule has 1 amide bonds. The van der Waals surface area contributed by atoms with Crippen molar-refractivity contribution in [2.75, 3.05) is 6.61 Å². The van der Waals surface area contributed by atoms with Crippen molar-refractivity contribution in [3.05, 3.63) is 0 Å². The standard InChI is InChI=1S/C15H29NO5Si/c1-15(2,3)22(4,5)21-9-11(16-14(19)20)13(18)10-7-6-8-12(10)17/h10-11,13,16,18H,6-9H2,1-5H3,(H,19,20)/t10-,11?,13?/m0/s1. The molecule has 0 aliphatic heterocycles. The van der Waals surface area contributed by atoms with E-state index in [0.29, 0.717) is 12.8 Å². The molecule has 1 saturated carbocycles. The van der Waals surface area contributed by atoms with Crippen molar-refractivity contribution in [3.8, 4) is 0 Å². The lowest BCUT2D eigenvalue weighted by Gasteiger charge is -2.38. The highest BCUT2D eigenvalue weighted by Crippen LogP contribution is 2.37. The minimum Gasteiger partial charge on any atom is -0.465 e. The molecular formula is C15H29NO5Si. The number of amides is 1. The third-order valence-electron chi connectivity index (χ3n) is 4.92. The van der Waals surface area contributed by atoms with E-state index in [1.807, 2.05) is 0 Å². The van der Waals surface area contributed by atoms with Crippen molar-refractivity contribution in [1.82, 2.24) is 5.32 Å². The van der Waals surface area contributed by atoms with Crippen LogP contribution in [0.1, 0.15) is 40.0 Å². The first-order chi connectivity index (χ1) is 9.95. The highest BCUT2D eigenvalue weighted by atomic mass is 28.4. The van der Waals surface area contributed by atoms with Crippen molar-refractivity contribution in [2.45, 2.75) is 70.3 Å². The minimum absolute atomic E-state index is 0.00506. The maximum absolute atomic E-state index is 11.8. The van der Waals surface area contributed by atoms with Crippen molar-refractivity contribution >= 4 is 20.2 Å². The number of Topliss-reactive ketones (excluding diaryl/α,β-unsaturated/α-hetero) is 1. The van der Waals surface area contributed by atoms with Gasteiger partial charge in [0.1, 0.15) is 5.78 Å². The Balaban J connectivity index is 2.76. The number of aliphatic hydroxyl groups excluding tert-OH is 1. The SMILES string of the molecule is CC(C)(C)[Si](C)(C)OCC(NC(=O)O)C(O)[C@H]1CCCC1=O. The zero-order valence-corrected chi connectivity index (χ0v) is 15.2. The number of carbonyl (C=O) groups excluding carboxylic acids is 1. The number of ketones is 1. The molecule has 2 unspecified atom stereocenters. The van der Waals surface area contributed by atoms with Crippen molar-refractivity contribution in [1.29, 1.82) is 0 Å². The Bertz CT molecular complexity index is 419. The highest BCUT2D eigenvalue weighted by Gasteiger charge is 2.40. The molecule has 0 aromatic heterocycles. The number of hydrogen-bond donors (Lipinski definition) is 3. The molecule has 3 atom stereocenters. The molecule has 0 radical (unpaired) electrons. The van der Waals surface area contributed by atoms with Crippen molar-refractivity contribution in [2.24, 2.45) is 5.92 Å². The van der Waals surface area contributed by atoms with Crippen molar-refractivity contribution < 1.29 is 24.2 Å². The van der Waals surface area contributed by atoms with Crippen LogP contribution in [-0.4, -0.2) is 49.2 Å². The van der Waals surface area contributed by atoms with E-state index in [1.165, 1.54) is 0 Å². The number of carbonyl (C=O) groups is 2. The third-order valence-corrected chi connectivity index (χ3v) is 9.42. The fraction of sp³-hybridized carbons (Fsp3) is 0.867. The van der Waals surface area contributed by atoms with E-state index < -0.39 is 32.5 Å². The Morgan fingerprint density at radius 3 is 2.45 bits per heavy atom. The van der Waals surface area contributed by atoms with Gasteiger partial charge < -0.3 is 20.0 Å². The summed E-state index contributed by atoms with van der Waals surface area (Å²) in [6.45, 7) is 10.5. The molecule has 1 aliphatic rings. The second-order valence-electron chi connectivity index (χ2n) is 7.58. The predicted octanol–water partition coefficient (Wildman–Crippen LogP) is 2.37. The van der Waals surface area contributed by atoms with Gasteiger partial charge in [0.2, 0.25) is 0 Å². The summed E-state index contributed by atoms with van der Waals surface area (Å²) in [5.41, 5.74) is 0. The maximum Gasteiger partial charge on any atom is 0.405 e. The molecule has 0 aromatic carbocycles. The Morgan fingerprint density at radius 2 is 2.05 bits per heavy atom. The van der Waals surface area contributed by atoms with Crippen LogP contribution < -0.4 is 5.32 Å². The highest BCUT2D eigenvalue weighted by molar-refractivity contribution is 6.74. The molecule has 0 aromatic rings. The predicted molar refractivity (Wildman–Crippen MR) is 86.5 cm³/mol. The molecule has 0 saturated heterocycles. The van der Waals surface area contributed by atoms with Gasteiger partial charge in [-0.3, -0.25) is 4.79 Å². The summed E-state index contributed by atoms with van der Waals surface area (Å²) in [7, 11) is -2.05. The number of nitrogens with one attached hydrogen (secondary N) is 1. The molecule has 1 fully saturated rings. The minimum atomic E-state index is -2.05. The van der Waals surface area contributed by atoms with Crippen LogP contribution in [0.4, 0.5) is 4.79 Å². The summed E-state index contributed by atoms with van der Waals surface area (Å²) in [6.07, 6.45) is -0.421. The van der Waals surface area contributed by atoms with Gasteiger partial charge in [0.05, 0.1) is 18.8 Å². The summed E-state index contributed by atoms with van der Waals surface area (Å²) < 4.78 is 6.01. The largest absolute Gasteiger partial charge is 0.465 e. The fourth-order valence-corrected chi connectivity index (χ4v) is 3.41. The van der Waals surface area contributed by atoms with Gasteiger partial charge in [-0.15, -0.1) is 0 Å². The van der Waals surface area contributed by atoms with Gasteiger partial charge in [-0.2, -0.15) is 0 Å². The van der Waals surface area contributed by atoms with Gasteiger partial charge in [0.25, 0.3) is 0 Å². The Labute approximate surface area is 133 Å². The molecule has 128 valence electrons. The topological polar surface area (TPSA) is 95.9 Å². The van der Waals surface area contributed by atoms with Crippen LogP contribution >= 0.6 is 0 Å². The van der Waals surface area contributed by atoms with E-state index in [9.17, 15) is 14.7 Å². The number of rotatable bonds is 6. The van der Waals surface area contributed by atoms with Gasteiger partial charge in [-0.25, -0.2) is 4.79 Å². The lowest BCUT2D eigenvalue weighted by Crippen LogP contribution is -2.52. The summed E-state index contributed by atoms with van der Waals surface area (Å²) in [4.78, 5) is 22.8. The average molecular weight is 331 g/mol. The fourth-order valence-electron chi connectivity index (χ4n) is 2.38. The average Bonchev–Trinajstić information content (AvgIpc) is 2.78. The second kappa shape index (κ2) is 7.10. The third kappa shape index (κ3) is 4.79.